The lowest BCUT2D eigenvalue weighted by Crippen LogP contribution is -2.29. The first-order chi connectivity index (χ1) is 18.8. The second kappa shape index (κ2) is 9.58. The van der Waals surface area contributed by atoms with Crippen LogP contribution >= 0.6 is 0 Å². The maximum absolute atomic E-state index is 13.6. The van der Waals surface area contributed by atoms with Gasteiger partial charge in [0.05, 0.1) is 30.0 Å². The van der Waals surface area contributed by atoms with Gasteiger partial charge in [0.1, 0.15) is 23.9 Å². The van der Waals surface area contributed by atoms with Crippen LogP contribution in [0, 0.1) is 0 Å². The Bertz CT molecular complexity index is 1500. The summed E-state index contributed by atoms with van der Waals surface area (Å²) in [4.78, 5) is 30.5. The second-order valence-corrected chi connectivity index (χ2v) is 9.89. The average molecular weight is 529 g/mol. The van der Waals surface area contributed by atoms with Crippen LogP contribution in [-0.2, 0) is 9.59 Å². The van der Waals surface area contributed by atoms with Crippen molar-refractivity contribution in [2.45, 2.75) is 26.0 Å². The number of benzene rings is 3. The summed E-state index contributed by atoms with van der Waals surface area (Å²) >= 11 is 0. The molecule has 9 nitrogen and oxygen atoms in total. The third-order valence-electron chi connectivity index (χ3n) is 6.97. The number of ketones is 1. The van der Waals surface area contributed by atoms with Gasteiger partial charge in [-0.15, -0.1) is 0 Å². The molecule has 3 aromatic rings. The molecule has 39 heavy (non-hydrogen) atoms. The summed E-state index contributed by atoms with van der Waals surface area (Å²) in [6, 6.07) is 16.6. The molecule has 3 heterocycles. The molecule has 1 fully saturated rings. The lowest BCUT2D eigenvalue weighted by atomic mass is 9.94. The third-order valence-corrected chi connectivity index (χ3v) is 6.97. The van der Waals surface area contributed by atoms with Crippen molar-refractivity contribution in [3.63, 3.8) is 0 Å². The number of fused-ring (bicyclic) bond motifs is 2. The zero-order chi connectivity index (χ0) is 27.3. The van der Waals surface area contributed by atoms with Crippen LogP contribution in [0.1, 0.15) is 31.0 Å². The van der Waals surface area contributed by atoms with E-state index in [-0.39, 0.29) is 24.2 Å². The van der Waals surface area contributed by atoms with Crippen molar-refractivity contribution < 1.29 is 33.6 Å². The number of carbonyl (C=O) groups is 2. The van der Waals surface area contributed by atoms with Crippen molar-refractivity contribution in [2.75, 3.05) is 36.8 Å². The minimum Gasteiger partial charge on any atom is -0.507 e. The molecule has 3 aromatic carbocycles. The molecule has 6 rings (SSSR count). The fourth-order valence-electron chi connectivity index (χ4n) is 5.10. The molecule has 3 aliphatic rings. The quantitative estimate of drug-likeness (QED) is 0.290. The molecule has 0 aromatic heterocycles. The first-order valence-electron chi connectivity index (χ1n) is 12.8. The molecule has 1 saturated heterocycles. The summed E-state index contributed by atoms with van der Waals surface area (Å²) in [5.74, 6) is 0.603. The van der Waals surface area contributed by atoms with Gasteiger partial charge in [0.15, 0.2) is 11.5 Å². The zero-order valence-electron chi connectivity index (χ0n) is 21.8. The van der Waals surface area contributed by atoms with Crippen molar-refractivity contribution in [2.24, 2.45) is 0 Å². The van der Waals surface area contributed by atoms with Gasteiger partial charge in [-0.2, -0.15) is 0 Å². The van der Waals surface area contributed by atoms with Crippen molar-refractivity contribution >= 4 is 28.8 Å². The molecule has 0 saturated carbocycles. The summed E-state index contributed by atoms with van der Waals surface area (Å²) in [6.07, 6.45) is -0.0127. The molecule has 9 heteroatoms. The number of amides is 1. The van der Waals surface area contributed by atoms with Crippen LogP contribution in [0.5, 0.6) is 23.0 Å². The fourth-order valence-corrected chi connectivity index (χ4v) is 5.10. The Kier molecular flexibility index (Phi) is 6.06. The minimum absolute atomic E-state index is 0.00507. The van der Waals surface area contributed by atoms with Crippen LogP contribution in [0.4, 0.5) is 11.4 Å². The topological polar surface area (TPSA) is 97.8 Å². The second-order valence-electron chi connectivity index (χ2n) is 9.89. The molecule has 1 N–H and O–H groups in total. The molecule has 0 bridgehead atoms. The van der Waals surface area contributed by atoms with Gasteiger partial charge >= 0.3 is 0 Å². The van der Waals surface area contributed by atoms with Crippen LogP contribution in [0.15, 0.2) is 66.2 Å². The number of aliphatic hydroxyl groups is 1. The fraction of sp³-hybridized carbons (Fsp3) is 0.267. The lowest BCUT2D eigenvalue weighted by molar-refractivity contribution is -0.132. The predicted octanol–water partition coefficient (Wildman–Crippen LogP) is 4.66. The summed E-state index contributed by atoms with van der Waals surface area (Å²) in [7, 11) is 1.94. The highest BCUT2D eigenvalue weighted by Gasteiger charge is 2.47. The summed E-state index contributed by atoms with van der Waals surface area (Å²) in [6.45, 7) is 5.20. The number of Topliss-reactive ketones (excluding diaryl/α,β-unsaturated/α-hetero) is 1. The van der Waals surface area contributed by atoms with Crippen LogP contribution in [-0.4, -0.2) is 49.9 Å². The lowest BCUT2D eigenvalue weighted by Gasteiger charge is -2.28. The maximum atomic E-state index is 13.6. The summed E-state index contributed by atoms with van der Waals surface area (Å²) in [5, 5.41) is 11.6. The van der Waals surface area contributed by atoms with E-state index in [1.807, 2.05) is 25.8 Å². The molecule has 0 aliphatic carbocycles. The Morgan fingerprint density at radius 2 is 1.69 bits per heavy atom. The van der Waals surface area contributed by atoms with Crippen LogP contribution in [0.2, 0.25) is 0 Å². The van der Waals surface area contributed by atoms with E-state index in [2.05, 4.69) is 0 Å². The number of hydrogen-bond donors (Lipinski definition) is 1. The van der Waals surface area contributed by atoms with Crippen LogP contribution < -0.4 is 28.7 Å². The van der Waals surface area contributed by atoms with Gasteiger partial charge in [0, 0.05) is 24.4 Å². The molecule has 1 amide bonds. The van der Waals surface area contributed by atoms with Crippen molar-refractivity contribution in [1.29, 1.82) is 0 Å². The average Bonchev–Trinajstić information content (AvgIpc) is 3.50. The number of ether oxygens (including phenoxy) is 4. The highest BCUT2D eigenvalue weighted by Crippen LogP contribution is 2.45. The molecule has 3 aliphatic heterocycles. The smallest absolute Gasteiger partial charge is 0.300 e. The van der Waals surface area contributed by atoms with E-state index < -0.39 is 17.7 Å². The minimum atomic E-state index is -0.886. The van der Waals surface area contributed by atoms with E-state index in [0.29, 0.717) is 53.0 Å². The SMILES string of the molecule is CC(C)Oc1ccc(C2/C(=C(/O)c3ccc4c(c3)N(C)CCO4)C(=O)C(=O)N2c2ccc3c(c2)OCO3)cc1. The normalized spacial score (nSPS) is 19.3. The number of aliphatic hydroxyl groups excluding tert-OH is 1. The maximum Gasteiger partial charge on any atom is 0.300 e. The van der Waals surface area contributed by atoms with Gasteiger partial charge < -0.3 is 29.0 Å². The van der Waals surface area contributed by atoms with Gasteiger partial charge in [0.25, 0.3) is 11.7 Å². The van der Waals surface area contributed by atoms with Gasteiger partial charge in [-0.1, -0.05) is 12.1 Å². The molecular formula is C30H28N2O7. The van der Waals surface area contributed by atoms with E-state index in [0.717, 1.165) is 5.69 Å². The first kappa shape index (κ1) is 24.7. The zero-order valence-corrected chi connectivity index (χ0v) is 21.8. The van der Waals surface area contributed by atoms with Crippen LogP contribution in [0.3, 0.4) is 0 Å². The number of anilines is 2. The van der Waals surface area contributed by atoms with E-state index >= 15 is 0 Å². The standard InChI is InChI=1S/C30H28N2O7/c1-17(2)39-21-8-4-18(5-9-21)27-26(28(33)19-6-10-23-22(14-19)31(3)12-13-36-23)29(34)30(35)32(27)20-7-11-24-25(15-20)38-16-37-24/h4-11,14-15,17,27,33H,12-13,16H2,1-3H3/b28-26-. The van der Waals surface area contributed by atoms with E-state index in [1.165, 1.54) is 4.90 Å². The Balaban J connectivity index is 1.49. The molecule has 1 atom stereocenters. The van der Waals surface area contributed by atoms with Gasteiger partial charge in [-0.05, 0) is 61.9 Å². The monoisotopic (exact) mass is 528 g/mol. The Morgan fingerprint density at radius 1 is 0.949 bits per heavy atom. The Morgan fingerprint density at radius 3 is 2.46 bits per heavy atom. The van der Waals surface area contributed by atoms with E-state index in [4.69, 9.17) is 18.9 Å². The predicted molar refractivity (Wildman–Crippen MR) is 145 cm³/mol. The number of likely N-dealkylation sites (N-methyl/N-ethyl adjacent to an activating group) is 1. The van der Waals surface area contributed by atoms with Crippen molar-refractivity contribution in [3.05, 3.63) is 77.4 Å². The van der Waals surface area contributed by atoms with E-state index in [1.54, 1.807) is 60.7 Å². The Labute approximate surface area is 225 Å². The number of carbonyl (C=O) groups excluding carboxylic acids is 2. The third kappa shape index (κ3) is 4.29. The molecular weight excluding hydrogens is 500 g/mol. The van der Waals surface area contributed by atoms with Crippen molar-refractivity contribution in [3.8, 4) is 23.0 Å². The van der Waals surface area contributed by atoms with Crippen LogP contribution in [0.25, 0.3) is 5.76 Å². The highest BCUT2D eigenvalue weighted by atomic mass is 16.7. The van der Waals surface area contributed by atoms with Gasteiger partial charge in [-0.3, -0.25) is 14.5 Å². The van der Waals surface area contributed by atoms with Crippen molar-refractivity contribution in [1.82, 2.24) is 0 Å². The van der Waals surface area contributed by atoms with Gasteiger partial charge in [-0.25, -0.2) is 0 Å². The summed E-state index contributed by atoms with van der Waals surface area (Å²) < 4.78 is 22.5. The highest BCUT2D eigenvalue weighted by molar-refractivity contribution is 6.51. The van der Waals surface area contributed by atoms with Gasteiger partial charge in [0.2, 0.25) is 6.79 Å². The molecule has 200 valence electrons. The molecule has 0 spiro atoms. The summed E-state index contributed by atoms with van der Waals surface area (Å²) in [5.41, 5.74) is 2.30. The Hall–Kier alpha value is -4.66. The number of hydrogen-bond acceptors (Lipinski definition) is 8. The largest absolute Gasteiger partial charge is 0.507 e. The number of nitrogens with zero attached hydrogens (tertiary/aromatic N) is 2. The number of rotatable bonds is 5. The molecule has 1 unspecified atom stereocenters. The molecule has 0 radical (unpaired) electrons. The van der Waals surface area contributed by atoms with E-state index in [9.17, 15) is 14.7 Å². The first-order valence-corrected chi connectivity index (χ1v) is 12.8.